The van der Waals surface area contributed by atoms with Crippen LogP contribution in [0, 0.1) is 11.8 Å². The maximum Gasteiger partial charge on any atom is 0.228 e. The molecule has 2 saturated heterocycles. The fourth-order valence-electron chi connectivity index (χ4n) is 3.61. The van der Waals surface area contributed by atoms with Crippen LogP contribution in [0.15, 0.2) is 35.7 Å². The Morgan fingerprint density at radius 3 is 2.70 bits per heavy atom. The van der Waals surface area contributed by atoms with E-state index in [0.717, 1.165) is 43.3 Å². The number of nitrogens with one attached hydrogen (secondary N) is 1. The lowest BCUT2D eigenvalue weighted by atomic mass is 10.0. The van der Waals surface area contributed by atoms with E-state index >= 15 is 0 Å². The highest BCUT2D eigenvalue weighted by Gasteiger charge is 2.37. The quantitative estimate of drug-likeness (QED) is 0.934. The van der Waals surface area contributed by atoms with Crippen molar-refractivity contribution < 1.29 is 4.79 Å². The van der Waals surface area contributed by atoms with Crippen molar-refractivity contribution in [2.45, 2.75) is 12.8 Å². The Morgan fingerprint density at radius 2 is 1.96 bits per heavy atom. The molecule has 5 heteroatoms. The van der Waals surface area contributed by atoms with E-state index in [1.807, 2.05) is 28.5 Å². The van der Waals surface area contributed by atoms with E-state index in [2.05, 4.69) is 22.4 Å². The molecular weight excluding hydrogens is 306 g/mol. The molecular formula is C18H21N3OS. The molecule has 2 fully saturated rings. The first kappa shape index (κ1) is 14.8. The van der Waals surface area contributed by atoms with Crippen LogP contribution in [-0.4, -0.2) is 42.0 Å². The highest BCUT2D eigenvalue weighted by atomic mass is 32.1. The smallest absolute Gasteiger partial charge is 0.228 e. The van der Waals surface area contributed by atoms with Gasteiger partial charge in [-0.3, -0.25) is 4.79 Å². The van der Waals surface area contributed by atoms with Gasteiger partial charge in [0.15, 0.2) is 0 Å². The number of carbonyl (C=O) groups is 1. The van der Waals surface area contributed by atoms with Gasteiger partial charge in [-0.2, -0.15) is 0 Å². The Morgan fingerprint density at radius 1 is 1.22 bits per heavy atom. The lowest BCUT2D eigenvalue weighted by molar-refractivity contribution is -0.129. The third-order valence-corrected chi connectivity index (χ3v) is 5.77. The first-order chi connectivity index (χ1) is 11.3. The van der Waals surface area contributed by atoms with Crippen molar-refractivity contribution >= 4 is 17.2 Å². The Labute approximate surface area is 140 Å². The number of carbonyl (C=O) groups excluding carboxylic acids is 1. The summed E-state index contributed by atoms with van der Waals surface area (Å²) in [6.07, 6.45) is 1.29. The zero-order chi connectivity index (χ0) is 15.6. The number of hydrogen-bond acceptors (Lipinski definition) is 4. The number of hydrogen-bond donors (Lipinski definition) is 1. The molecule has 1 N–H and O–H groups in total. The molecule has 1 aromatic heterocycles. The summed E-state index contributed by atoms with van der Waals surface area (Å²) in [5.74, 6) is 1.54. The van der Waals surface area contributed by atoms with Gasteiger partial charge in [0.05, 0.1) is 17.1 Å². The van der Waals surface area contributed by atoms with Gasteiger partial charge >= 0.3 is 0 Å². The summed E-state index contributed by atoms with van der Waals surface area (Å²) in [6.45, 7) is 3.95. The summed E-state index contributed by atoms with van der Waals surface area (Å²) in [7, 11) is 0. The van der Waals surface area contributed by atoms with E-state index in [9.17, 15) is 4.79 Å². The highest BCUT2D eigenvalue weighted by Crippen LogP contribution is 2.26. The fraction of sp³-hybridized carbons (Fsp3) is 0.444. The molecule has 0 aliphatic carbocycles. The number of benzene rings is 1. The van der Waals surface area contributed by atoms with Crippen molar-refractivity contribution in [3.8, 4) is 0 Å². The minimum Gasteiger partial charge on any atom is -0.342 e. The molecule has 4 rings (SSSR count). The first-order valence-corrected chi connectivity index (χ1v) is 9.11. The minimum absolute atomic E-state index is 0.232. The molecule has 0 radical (unpaired) electrons. The van der Waals surface area contributed by atoms with Gasteiger partial charge < -0.3 is 10.2 Å². The first-order valence-electron chi connectivity index (χ1n) is 8.23. The number of amides is 1. The van der Waals surface area contributed by atoms with E-state index in [1.165, 1.54) is 5.56 Å². The molecule has 2 aliphatic rings. The van der Waals surface area contributed by atoms with Crippen LogP contribution in [0.2, 0.25) is 0 Å². The number of likely N-dealkylation sites (tertiary alicyclic amines) is 1. The molecule has 1 amide bonds. The number of nitrogens with zero attached hydrogens (tertiary/aromatic N) is 2. The Bertz CT molecular complexity index is 673. The van der Waals surface area contributed by atoms with E-state index in [4.69, 9.17) is 0 Å². The van der Waals surface area contributed by atoms with Crippen LogP contribution in [-0.2, 0) is 17.6 Å². The molecule has 4 nitrogen and oxygen atoms in total. The van der Waals surface area contributed by atoms with Crippen LogP contribution in [0.25, 0.3) is 0 Å². The monoisotopic (exact) mass is 327 g/mol. The van der Waals surface area contributed by atoms with Gasteiger partial charge in [0, 0.05) is 38.0 Å². The van der Waals surface area contributed by atoms with E-state index in [1.54, 1.807) is 11.3 Å². The molecule has 2 aromatic rings. The molecule has 2 aliphatic heterocycles. The molecule has 0 spiro atoms. The second-order valence-corrected chi connectivity index (χ2v) is 7.49. The topological polar surface area (TPSA) is 45.2 Å². The van der Waals surface area contributed by atoms with Crippen LogP contribution in [0.3, 0.4) is 0 Å². The highest BCUT2D eigenvalue weighted by molar-refractivity contribution is 7.09. The third-order valence-electron chi connectivity index (χ3n) is 4.87. The van der Waals surface area contributed by atoms with Crippen molar-refractivity contribution in [2.24, 2.45) is 11.8 Å². The average Bonchev–Trinajstić information content (AvgIpc) is 3.24. The van der Waals surface area contributed by atoms with E-state index < -0.39 is 0 Å². The normalized spacial score (nSPS) is 23.2. The van der Waals surface area contributed by atoms with Gasteiger partial charge in [-0.25, -0.2) is 4.98 Å². The molecule has 0 bridgehead atoms. The largest absolute Gasteiger partial charge is 0.342 e. The van der Waals surface area contributed by atoms with Crippen LogP contribution in [0.5, 0.6) is 0 Å². The molecule has 2 atom stereocenters. The maximum atomic E-state index is 12.5. The van der Waals surface area contributed by atoms with Gasteiger partial charge in [0.25, 0.3) is 0 Å². The summed E-state index contributed by atoms with van der Waals surface area (Å²) >= 11 is 1.65. The summed E-state index contributed by atoms with van der Waals surface area (Å²) in [5.41, 5.74) is 2.18. The zero-order valence-corrected chi connectivity index (χ0v) is 13.9. The average molecular weight is 327 g/mol. The fourth-order valence-corrected chi connectivity index (χ4v) is 4.44. The van der Waals surface area contributed by atoms with Crippen molar-refractivity contribution in [3.63, 3.8) is 0 Å². The van der Waals surface area contributed by atoms with Crippen LogP contribution in [0.4, 0.5) is 0 Å². The van der Waals surface area contributed by atoms with Gasteiger partial charge in [-0.1, -0.05) is 30.3 Å². The van der Waals surface area contributed by atoms with E-state index in [-0.39, 0.29) is 5.91 Å². The number of rotatable bonds is 4. The summed E-state index contributed by atoms with van der Waals surface area (Å²) in [5, 5.41) is 6.53. The lowest BCUT2D eigenvalue weighted by Crippen LogP contribution is -2.33. The lowest BCUT2D eigenvalue weighted by Gasteiger charge is -2.16. The minimum atomic E-state index is 0.232. The maximum absolute atomic E-state index is 12.5. The number of aromatic nitrogens is 1. The summed E-state index contributed by atoms with van der Waals surface area (Å²) in [6, 6.07) is 10.3. The van der Waals surface area contributed by atoms with Gasteiger partial charge in [0.1, 0.15) is 0 Å². The van der Waals surface area contributed by atoms with Gasteiger partial charge in [-0.05, 0) is 17.4 Å². The molecule has 120 valence electrons. The third kappa shape index (κ3) is 3.31. The summed E-state index contributed by atoms with van der Waals surface area (Å²) < 4.78 is 0. The zero-order valence-electron chi connectivity index (χ0n) is 13.1. The molecule has 0 saturated carbocycles. The standard InChI is InChI=1S/C18H21N3OS/c22-18(21-10-14-8-19-9-15(14)11-21)7-16-12-23-17(20-16)6-13-4-2-1-3-5-13/h1-5,12,14-15,19H,6-11H2/t14-,15+. The Kier molecular flexibility index (Phi) is 4.14. The van der Waals surface area contributed by atoms with Crippen LogP contribution in [0.1, 0.15) is 16.3 Å². The number of fused-ring (bicyclic) bond motifs is 1. The molecule has 23 heavy (non-hydrogen) atoms. The van der Waals surface area contributed by atoms with Crippen LogP contribution < -0.4 is 5.32 Å². The van der Waals surface area contributed by atoms with Gasteiger partial charge in [-0.15, -0.1) is 11.3 Å². The van der Waals surface area contributed by atoms with Crippen molar-refractivity contribution in [3.05, 3.63) is 52.0 Å². The Hall–Kier alpha value is -1.72. The SMILES string of the molecule is O=C(Cc1csc(Cc2ccccc2)n1)N1C[C@H]2CNC[C@H]2C1. The van der Waals surface area contributed by atoms with Crippen molar-refractivity contribution in [1.29, 1.82) is 0 Å². The predicted octanol–water partition coefficient (Wildman–Crippen LogP) is 1.95. The Balaban J connectivity index is 1.35. The van der Waals surface area contributed by atoms with Crippen LogP contribution >= 0.6 is 11.3 Å². The van der Waals surface area contributed by atoms with Gasteiger partial charge in [0.2, 0.25) is 5.91 Å². The molecule has 0 unspecified atom stereocenters. The molecule has 3 heterocycles. The second-order valence-electron chi connectivity index (χ2n) is 6.55. The predicted molar refractivity (Wildman–Crippen MR) is 91.5 cm³/mol. The number of thiazole rings is 1. The van der Waals surface area contributed by atoms with E-state index in [0.29, 0.717) is 18.3 Å². The second kappa shape index (κ2) is 6.42. The summed E-state index contributed by atoms with van der Waals surface area (Å²) in [4.78, 5) is 19.2. The van der Waals surface area contributed by atoms with Crippen molar-refractivity contribution in [2.75, 3.05) is 26.2 Å². The molecule has 1 aromatic carbocycles. The van der Waals surface area contributed by atoms with Crippen molar-refractivity contribution in [1.82, 2.24) is 15.2 Å².